The highest BCUT2D eigenvalue weighted by molar-refractivity contribution is 9.10. The summed E-state index contributed by atoms with van der Waals surface area (Å²) in [6.45, 7) is 1.75. The van der Waals surface area contributed by atoms with E-state index in [-0.39, 0.29) is 5.56 Å². The number of hydrogen-bond donors (Lipinski definition) is 2. The maximum atomic E-state index is 12.4. The lowest BCUT2D eigenvalue weighted by Crippen LogP contribution is -2.41. The maximum Gasteiger partial charge on any atom is 0.281 e. The zero-order chi connectivity index (χ0) is 18.7. The fourth-order valence-corrected chi connectivity index (χ4v) is 3.75. The van der Waals surface area contributed by atoms with Crippen LogP contribution in [0.1, 0.15) is 25.7 Å². The van der Waals surface area contributed by atoms with Gasteiger partial charge in [0.05, 0.1) is 16.3 Å². The van der Waals surface area contributed by atoms with Gasteiger partial charge in [-0.25, -0.2) is 4.98 Å². The third-order valence-electron chi connectivity index (χ3n) is 3.49. The summed E-state index contributed by atoms with van der Waals surface area (Å²) in [5, 5.41) is 1.04. The number of aromatic nitrogens is 1. The molecule has 0 spiro atoms. The Morgan fingerprint density at radius 1 is 1.08 bits per heavy atom. The molecule has 3 aromatic rings. The van der Waals surface area contributed by atoms with Gasteiger partial charge in [0.15, 0.2) is 0 Å². The van der Waals surface area contributed by atoms with Crippen molar-refractivity contribution >= 4 is 50.7 Å². The number of nitrogens with zero attached hydrogens (tertiary/aromatic N) is 1. The highest BCUT2D eigenvalue weighted by Crippen LogP contribution is 2.27. The SMILES string of the molecule is Cc1nc(-c2ccccc2)sc1C(=O)NNC(=O)c1cc(Br)ccc1Cl. The second-order valence-electron chi connectivity index (χ2n) is 5.33. The lowest BCUT2D eigenvalue weighted by molar-refractivity contribution is 0.0848. The molecule has 1 heterocycles. The molecule has 0 fully saturated rings. The van der Waals surface area contributed by atoms with Crippen LogP contribution in [0.2, 0.25) is 5.02 Å². The normalized spacial score (nSPS) is 10.4. The highest BCUT2D eigenvalue weighted by atomic mass is 79.9. The topological polar surface area (TPSA) is 71.1 Å². The molecule has 8 heteroatoms. The standard InChI is InChI=1S/C18H13BrClN3O2S/c1-10-15(26-18(21-10)11-5-3-2-4-6-11)17(25)23-22-16(24)13-9-12(19)7-8-14(13)20/h2-9H,1H3,(H,22,24)(H,23,25). The molecule has 0 unspecified atom stereocenters. The van der Waals surface area contributed by atoms with Crippen LogP contribution in [0, 0.1) is 6.92 Å². The van der Waals surface area contributed by atoms with Crippen molar-refractivity contribution in [2.45, 2.75) is 6.92 Å². The third-order valence-corrected chi connectivity index (χ3v) is 5.51. The molecule has 2 N–H and O–H groups in total. The van der Waals surface area contributed by atoms with Crippen LogP contribution in [0.5, 0.6) is 0 Å². The number of rotatable bonds is 3. The largest absolute Gasteiger partial charge is 0.281 e. The van der Waals surface area contributed by atoms with Crippen molar-refractivity contribution in [2.24, 2.45) is 0 Å². The van der Waals surface area contributed by atoms with Crippen LogP contribution in [0.3, 0.4) is 0 Å². The summed E-state index contributed by atoms with van der Waals surface area (Å²) in [4.78, 5) is 29.5. The molecule has 0 bridgehead atoms. The summed E-state index contributed by atoms with van der Waals surface area (Å²) in [6.07, 6.45) is 0. The molecular weight excluding hydrogens is 438 g/mol. The molecule has 2 aromatic carbocycles. The second-order valence-corrected chi connectivity index (χ2v) is 7.65. The number of carbonyl (C=O) groups excluding carboxylic acids is 2. The van der Waals surface area contributed by atoms with Crippen molar-refractivity contribution in [3.05, 3.63) is 74.2 Å². The van der Waals surface area contributed by atoms with Gasteiger partial charge in [-0.15, -0.1) is 11.3 Å². The second kappa shape index (κ2) is 7.99. The Hall–Kier alpha value is -2.22. The van der Waals surface area contributed by atoms with Crippen molar-refractivity contribution in [2.75, 3.05) is 0 Å². The molecule has 0 aliphatic heterocycles. The molecule has 26 heavy (non-hydrogen) atoms. The van der Waals surface area contributed by atoms with E-state index in [1.54, 1.807) is 25.1 Å². The van der Waals surface area contributed by atoms with Crippen molar-refractivity contribution < 1.29 is 9.59 Å². The van der Waals surface area contributed by atoms with Gasteiger partial charge in [-0.2, -0.15) is 0 Å². The van der Waals surface area contributed by atoms with Gasteiger partial charge in [-0.3, -0.25) is 20.4 Å². The van der Waals surface area contributed by atoms with E-state index in [9.17, 15) is 9.59 Å². The van der Waals surface area contributed by atoms with E-state index in [1.807, 2.05) is 30.3 Å². The molecule has 0 saturated carbocycles. The Labute approximate surface area is 167 Å². The molecule has 0 radical (unpaired) electrons. The number of benzene rings is 2. The molecule has 0 atom stereocenters. The minimum atomic E-state index is -0.505. The number of carbonyl (C=O) groups is 2. The predicted molar refractivity (Wildman–Crippen MR) is 106 cm³/mol. The molecular formula is C18H13BrClN3O2S. The van der Waals surface area contributed by atoms with Gasteiger partial charge >= 0.3 is 0 Å². The van der Waals surface area contributed by atoms with Gasteiger partial charge < -0.3 is 0 Å². The smallest absolute Gasteiger partial charge is 0.267 e. The van der Waals surface area contributed by atoms with E-state index < -0.39 is 11.8 Å². The van der Waals surface area contributed by atoms with Crippen molar-refractivity contribution in [1.29, 1.82) is 0 Å². The average molecular weight is 451 g/mol. The number of hydrogen-bond acceptors (Lipinski definition) is 4. The van der Waals surface area contributed by atoms with Crippen LogP contribution >= 0.6 is 38.9 Å². The molecule has 132 valence electrons. The van der Waals surface area contributed by atoms with Crippen LogP contribution in [0.4, 0.5) is 0 Å². The molecule has 3 rings (SSSR count). The van der Waals surface area contributed by atoms with E-state index >= 15 is 0 Å². The first-order chi connectivity index (χ1) is 12.5. The molecule has 2 amide bonds. The molecule has 0 aliphatic carbocycles. The fraction of sp³-hybridized carbons (Fsp3) is 0.0556. The van der Waals surface area contributed by atoms with Crippen molar-refractivity contribution in [1.82, 2.24) is 15.8 Å². The Kier molecular flexibility index (Phi) is 5.70. The van der Waals surface area contributed by atoms with Gasteiger partial charge in [0, 0.05) is 10.0 Å². The Bertz CT molecular complexity index is 976. The van der Waals surface area contributed by atoms with E-state index in [0.717, 1.165) is 10.6 Å². The zero-order valence-corrected chi connectivity index (χ0v) is 16.7. The highest BCUT2D eigenvalue weighted by Gasteiger charge is 2.18. The average Bonchev–Trinajstić information content (AvgIpc) is 3.04. The van der Waals surface area contributed by atoms with Gasteiger partial charge in [0.2, 0.25) is 0 Å². The minimum absolute atomic E-state index is 0.257. The lowest BCUT2D eigenvalue weighted by atomic mass is 10.2. The van der Waals surface area contributed by atoms with E-state index in [1.165, 1.54) is 11.3 Å². The summed E-state index contributed by atoms with van der Waals surface area (Å²) >= 11 is 10.6. The van der Waals surface area contributed by atoms with Crippen LogP contribution in [-0.2, 0) is 0 Å². The lowest BCUT2D eigenvalue weighted by Gasteiger charge is -2.08. The predicted octanol–water partition coefficient (Wildman–Crippen LogP) is 4.61. The minimum Gasteiger partial charge on any atom is -0.267 e. The Morgan fingerprint density at radius 2 is 1.77 bits per heavy atom. The Morgan fingerprint density at radius 3 is 2.50 bits per heavy atom. The summed E-state index contributed by atoms with van der Waals surface area (Å²) in [5.41, 5.74) is 6.57. The zero-order valence-electron chi connectivity index (χ0n) is 13.5. The van der Waals surface area contributed by atoms with Gasteiger partial charge in [-0.1, -0.05) is 57.9 Å². The monoisotopic (exact) mass is 449 g/mol. The first-order valence-corrected chi connectivity index (χ1v) is 9.53. The quantitative estimate of drug-likeness (QED) is 0.573. The van der Waals surface area contributed by atoms with Gasteiger partial charge in [0.25, 0.3) is 11.8 Å². The number of amides is 2. The van der Waals surface area contributed by atoms with Gasteiger partial charge in [0.1, 0.15) is 9.88 Å². The number of halogens is 2. The van der Waals surface area contributed by atoms with E-state index in [4.69, 9.17) is 11.6 Å². The number of aryl methyl sites for hydroxylation is 1. The summed E-state index contributed by atoms with van der Waals surface area (Å²) in [7, 11) is 0. The van der Waals surface area contributed by atoms with Crippen LogP contribution in [0.15, 0.2) is 53.0 Å². The number of nitrogens with one attached hydrogen (secondary N) is 2. The first-order valence-electron chi connectivity index (χ1n) is 7.54. The van der Waals surface area contributed by atoms with Crippen LogP contribution < -0.4 is 10.9 Å². The maximum absolute atomic E-state index is 12.4. The molecule has 0 saturated heterocycles. The van der Waals surface area contributed by atoms with Crippen LogP contribution in [0.25, 0.3) is 10.6 Å². The summed E-state index contributed by atoms with van der Waals surface area (Å²) < 4.78 is 0.712. The van der Waals surface area contributed by atoms with E-state index in [0.29, 0.717) is 20.1 Å². The summed E-state index contributed by atoms with van der Waals surface area (Å²) in [6, 6.07) is 14.5. The molecule has 1 aromatic heterocycles. The van der Waals surface area contributed by atoms with Crippen LogP contribution in [-0.4, -0.2) is 16.8 Å². The van der Waals surface area contributed by atoms with Crippen molar-refractivity contribution in [3.8, 4) is 10.6 Å². The van der Waals surface area contributed by atoms with Crippen molar-refractivity contribution in [3.63, 3.8) is 0 Å². The first kappa shape index (κ1) is 18.6. The Balaban J connectivity index is 1.72. The fourth-order valence-electron chi connectivity index (χ4n) is 2.22. The van der Waals surface area contributed by atoms with Gasteiger partial charge in [-0.05, 0) is 25.1 Å². The number of thiazole rings is 1. The molecule has 5 nitrogen and oxygen atoms in total. The number of hydrazine groups is 1. The molecule has 0 aliphatic rings. The summed E-state index contributed by atoms with van der Waals surface area (Å²) in [5.74, 6) is -0.934. The van der Waals surface area contributed by atoms with E-state index in [2.05, 4.69) is 31.8 Å². The third kappa shape index (κ3) is 4.12.